The van der Waals surface area contributed by atoms with E-state index in [1.807, 2.05) is 19.1 Å². The number of amides is 1. The van der Waals surface area contributed by atoms with Gasteiger partial charge in [0.05, 0.1) is 10.6 Å². The van der Waals surface area contributed by atoms with Gasteiger partial charge < -0.3 is 11.1 Å². The lowest BCUT2D eigenvalue weighted by Crippen LogP contribution is -2.24. The fraction of sp³-hybridized carbons (Fsp3) is 0.267. The molecule has 1 aromatic carbocycles. The first-order chi connectivity index (χ1) is 9.22. The van der Waals surface area contributed by atoms with Gasteiger partial charge in [-0.25, -0.2) is 0 Å². The Kier molecular flexibility index (Phi) is 3.03. The zero-order valence-electron chi connectivity index (χ0n) is 10.8. The van der Waals surface area contributed by atoms with E-state index in [-0.39, 0.29) is 5.91 Å². The molecule has 19 heavy (non-hydrogen) atoms. The van der Waals surface area contributed by atoms with Gasteiger partial charge in [0.2, 0.25) is 0 Å². The Morgan fingerprint density at radius 3 is 2.95 bits per heavy atom. The monoisotopic (exact) mass is 272 g/mol. The van der Waals surface area contributed by atoms with Crippen LogP contribution in [0.25, 0.3) is 11.1 Å². The van der Waals surface area contributed by atoms with Crippen LogP contribution in [-0.4, -0.2) is 12.5 Å². The van der Waals surface area contributed by atoms with Gasteiger partial charge in [0.1, 0.15) is 0 Å². The number of rotatable bonds is 2. The molecule has 0 bridgehead atoms. The van der Waals surface area contributed by atoms with Crippen LogP contribution in [0.1, 0.15) is 27.7 Å². The van der Waals surface area contributed by atoms with Crippen LogP contribution in [0.15, 0.2) is 24.3 Å². The summed E-state index contributed by atoms with van der Waals surface area (Å²) < 4.78 is 0. The van der Waals surface area contributed by atoms with Gasteiger partial charge >= 0.3 is 0 Å². The molecule has 1 aliphatic rings. The van der Waals surface area contributed by atoms with E-state index in [0.717, 1.165) is 24.0 Å². The van der Waals surface area contributed by atoms with Gasteiger partial charge in [0.15, 0.2) is 0 Å². The topological polar surface area (TPSA) is 55.1 Å². The summed E-state index contributed by atoms with van der Waals surface area (Å²) in [6, 6.07) is 8.28. The highest BCUT2D eigenvalue weighted by Gasteiger charge is 2.26. The summed E-state index contributed by atoms with van der Waals surface area (Å²) >= 11 is 1.55. The van der Waals surface area contributed by atoms with Crippen molar-refractivity contribution in [1.29, 1.82) is 0 Å². The first-order valence-electron chi connectivity index (χ1n) is 6.50. The van der Waals surface area contributed by atoms with Gasteiger partial charge in [-0.3, -0.25) is 4.79 Å². The Balaban J connectivity index is 2.20. The van der Waals surface area contributed by atoms with Crippen molar-refractivity contribution in [3.63, 3.8) is 0 Å². The normalized spacial score (nSPS) is 12.7. The molecule has 3 N–H and O–H groups in total. The average molecular weight is 272 g/mol. The van der Waals surface area contributed by atoms with Crippen LogP contribution in [0.2, 0.25) is 0 Å². The van der Waals surface area contributed by atoms with Gasteiger partial charge in [0.25, 0.3) is 5.91 Å². The molecule has 1 heterocycles. The summed E-state index contributed by atoms with van der Waals surface area (Å²) in [5, 5.41) is 3.49. The third-order valence-corrected chi connectivity index (χ3v) is 4.56. The molecule has 98 valence electrons. The zero-order valence-corrected chi connectivity index (χ0v) is 11.6. The second-order valence-corrected chi connectivity index (χ2v) is 5.79. The molecule has 0 radical (unpaired) electrons. The van der Waals surface area contributed by atoms with Crippen molar-refractivity contribution in [1.82, 2.24) is 5.32 Å². The van der Waals surface area contributed by atoms with E-state index in [1.165, 1.54) is 10.4 Å². The highest BCUT2D eigenvalue weighted by atomic mass is 32.1. The number of hydrogen-bond acceptors (Lipinski definition) is 3. The highest BCUT2D eigenvalue weighted by Crippen LogP contribution is 2.43. The molecule has 3 rings (SSSR count). The van der Waals surface area contributed by atoms with Crippen LogP contribution in [0.3, 0.4) is 0 Å². The molecular formula is C15H16N2OS. The van der Waals surface area contributed by atoms with E-state index in [0.29, 0.717) is 17.1 Å². The van der Waals surface area contributed by atoms with E-state index in [2.05, 4.69) is 17.4 Å². The number of nitrogen functional groups attached to an aromatic ring is 1. The number of anilines is 1. The number of aryl methyl sites for hydroxylation is 2. The number of hydrogen-bond donors (Lipinski definition) is 2. The maximum atomic E-state index is 12.2. The third-order valence-electron chi connectivity index (χ3n) is 3.48. The number of carbonyl (C=O) groups excluding carboxylic acids is 1. The summed E-state index contributed by atoms with van der Waals surface area (Å²) in [7, 11) is 0. The fourth-order valence-corrected chi connectivity index (χ4v) is 3.74. The van der Waals surface area contributed by atoms with E-state index in [4.69, 9.17) is 5.73 Å². The van der Waals surface area contributed by atoms with Crippen LogP contribution in [0.5, 0.6) is 0 Å². The highest BCUT2D eigenvalue weighted by molar-refractivity contribution is 7.17. The van der Waals surface area contributed by atoms with Crippen molar-refractivity contribution in [3.8, 4) is 11.1 Å². The smallest absolute Gasteiger partial charge is 0.254 e. The molecule has 3 nitrogen and oxygen atoms in total. The lowest BCUT2D eigenvalue weighted by atomic mass is 9.88. The summed E-state index contributed by atoms with van der Waals surface area (Å²) in [5.41, 5.74) is 10.2. The number of carbonyl (C=O) groups is 1. The SMILES string of the molecule is CCNC(=O)c1c(N)sc2c1-c1ccccc1CC2. The van der Waals surface area contributed by atoms with Gasteiger partial charge in [-0.05, 0) is 30.9 Å². The van der Waals surface area contributed by atoms with Crippen molar-refractivity contribution in [3.05, 3.63) is 40.3 Å². The van der Waals surface area contributed by atoms with E-state index >= 15 is 0 Å². The van der Waals surface area contributed by atoms with Gasteiger partial charge in [-0.1, -0.05) is 24.3 Å². The zero-order chi connectivity index (χ0) is 13.4. The second kappa shape index (κ2) is 4.70. The molecule has 0 saturated carbocycles. The first-order valence-corrected chi connectivity index (χ1v) is 7.31. The average Bonchev–Trinajstić information content (AvgIpc) is 2.75. The second-order valence-electron chi connectivity index (χ2n) is 4.66. The van der Waals surface area contributed by atoms with Crippen LogP contribution < -0.4 is 11.1 Å². The molecule has 0 spiro atoms. The summed E-state index contributed by atoms with van der Waals surface area (Å²) in [6.07, 6.45) is 2.00. The van der Waals surface area contributed by atoms with Crippen molar-refractivity contribution in [2.24, 2.45) is 0 Å². The number of thiophene rings is 1. The third kappa shape index (κ3) is 1.92. The summed E-state index contributed by atoms with van der Waals surface area (Å²) in [4.78, 5) is 13.5. The minimum Gasteiger partial charge on any atom is -0.390 e. The molecule has 0 aliphatic heterocycles. The quantitative estimate of drug-likeness (QED) is 0.883. The molecular weight excluding hydrogens is 256 g/mol. The Morgan fingerprint density at radius 1 is 1.37 bits per heavy atom. The van der Waals surface area contributed by atoms with Crippen molar-refractivity contribution >= 4 is 22.2 Å². The van der Waals surface area contributed by atoms with Crippen molar-refractivity contribution in [2.75, 3.05) is 12.3 Å². The van der Waals surface area contributed by atoms with Gasteiger partial charge in [-0.15, -0.1) is 11.3 Å². The number of fused-ring (bicyclic) bond motifs is 3. The standard InChI is InChI=1S/C15H16N2OS/c1-2-17-15(18)13-12-10-6-4-3-5-9(10)7-8-11(12)19-14(13)16/h3-6H,2,7-8,16H2,1H3,(H,17,18). The van der Waals surface area contributed by atoms with E-state index in [1.54, 1.807) is 11.3 Å². The van der Waals surface area contributed by atoms with E-state index in [9.17, 15) is 4.79 Å². The molecule has 1 aromatic heterocycles. The fourth-order valence-electron chi connectivity index (χ4n) is 2.66. The number of nitrogens with one attached hydrogen (secondary N) is 1. The van der Waals surface area contributed by atoms with Crippen LogP contribution >= 0.6 is 11.3 Å². The van der Waals surface area contributed by atoms with Crippen LogP contribution in [-0.2, 0) is 12.8 Å². The lowest BCUT2D eigenvalue weighted by molar-refractivity contribution is 0.0957. The predicted octanol–water partition coefficient (Wildman–Crippen LogP) is 2.85. The van der Waals surface area contributed by atoms with E-state index < -0.39 is 0 Å². The largest absolute Gasteiger partial charge is 0.390 e. The molecule has 1 aliphatic carbocycles. The molecule has 0 fully saturated rings. The minimum atomic E-state index is -0.0609. The maximum absolute atomic E-state index is 12.2. The summed E-state index contributed by atoms with van der Waals surface area (Å²) in [6.45, 7) is 2.53. The predicted molar refractivity (Wildman–Crippen MR) is 79.6 cm³/mol. The molecule has 1 amide bonds. The van der Waals surface area contributed by atoms with Gasteiger partial charge in [0, 0.05) is 17.0 Å². The molecule has 2 aromatic rings. The first kappa shape index (κ1) is 12.2. The molecule has 0 atom stereocenters. The Bertz CT molecular complexity index is 646. The minimum absolute atomic E-state index is 0.0609. The van der Waals surface area contributed by atoms with Crippen molar-refractivity contribution in [2.45, 2.75) is 19.8 Å². The summed E-state index contributed by atoms with van der Waals surface area (Å²) in [5.74, 6) is -0.0609. The van der Waals surface area contributed by atoms with Crippen LogP contribution in [0, 0.1) is 0 Å². The number of benzene rings is 1. The molecule has 0 saturated heterocycles. The molecule has 0 unspecified atom stereocenters. The number of nitrogens with two attached hydrogens (primary N) is 1. The lowest BCUT2D eigenvalue weighted by Gasteiger charge is -2.17. The van der Waals surface area contributed by atoms with Crippen LogP contribution in [0.4, 0.5) is 5.00 Å². The Morgan fingerprint density at radius 2 is 2.16 bits per heavy atom. The Hall–Kier alpha value is -1.81. The maximum Gasteiger partial charge on any atom is 0.254 e. The van der Waals surface area contributed by atoms with Gasteiger partial charge in [-0.2, -0.15) is 0 Å². The molecule has 4 heteroatoms. The Labute approximate surface area is 116 Å². The van der Waals surface area contributed by atoms with Crippen molar-refractivity contribution < 1.29 is 4.79 Å².